The Labute approximate surface area is 177 Å². The van der Waals surface area contributed by atoms with Gasteiger partial charge in [0.25, 0.3) is 0 Å². The van der Waals surface area contributed by atoms with Gasteiger partial charge in [-0.15, -0.1) is 11.3 Å². The van der Waals surface area contributed by atoms with Gasteiger partial charge in [0.15, 0.2) is 10.1 Å². The first-order valence-corrected chi connectivity index (χ1v) is 10.5. The Bertz CT molecular complexity index is 1080. The lowest BCUT2D eigenvalue weighted by molar-refractivity contribution is -0.127. The van der Waals surface area contributed by atoms with Crippen LogP contribution in [0.25, 0.3) is 11.0 Å². The second-order valence-corrected chi connectivity index (χ2v) is 8.02. The Morgan fingerprint density at radius 2 is 1.97 bits per heavy atom. The lowest BCUT2D eigenvalue weighted by atomic mass is 10.2. The van der Waals surface area contributed by atoms with E-state index < -0.39 is 0 Å². The molecule has 0 bridgehead atoms. The number of carbonyl (C=O) groups excluding carboxylic acids is 2. The monoisotopic (exact) mass is 429 g/mol. The van der Waals surface area contributed by atoms with Crippen LogP contribution in [0.2, 0.25) is 5.15 Å². The largest absolute Gasteiger partial charge is 0.336 e. The molecule has 2 aromatic heterocycles. The molecule has 29 heavy (non-hydrogen) atoms. The van der Waals surface area contributed by atoms with Crippen molar-refractivity contribution in [3.8, 4) is 0 Å². The predicted molar refractivity (Wildman–Crippen MR) is 115 cm³/mol. The van der Waals surface area contributed by atoms with Crippen LogP contribution in [-0.2, 0) is 4.79 Å². The van der Waals surface area contributed by atoms with Gasteiger partial charge in [-0.2, -0.15) is 0 Å². The van der Waals surface area contributed by atoms with Gasteiger partial charge in [-0.25, -0.2) is 9.78 Å². The normalized spacial score (nSPS) is 14.7. The maximum Gasteiger partial charge on any atom is 0.321 e. The molecule has 3 aromatic rings. The van der Waals surface area contributed by atoms with Crippen LogP contribution in [0.4, 0.5) is 10.5 Å². The number of imidazole rings is 1. The van der Waals surface area contributed by atoms with Crippen molar-refractivity contribution in [1.29, 1.82) is 0 Å². The fourth-order valence-electron chi connectivity index (χ4n) is 3.24. The summed E-state index contributed by atoms with van der Waals surface area (Å²) in [5.41, 5.74) is 2.55. The summed E-state index contributed by atoms with van der Waals surface area (Å²) in [6.07, 6.45) is 5.07. The zero-order valence-electron chi connectivity index (χ0n) is 15.8. The van der Waals surface area contributed by atoms with Crippen LogP contribution in [-0.4, -0.2) is 57.3 Å². The number of rotatable bonds is 3. The number of nitrogens with one attached hydrogen (secondary N) is 1. The van der Waals surface area contributed by atoms with E-state index in [4.69, 9.17) is 11.6 Å². The number of fused-ring (bicyclic) bond motifs is 1. The molecule has 0 unspecified atom stereocenters. The smallest absolute Gasteiger partial charge is 0.321 e. The first-order valence-electron chi connectivity index (χ1n) is 9.22. The highest BCUT2D eigenvalue weighted by Crippen LogP contribution is 2.22. The fourth-order valence-corrected chi connectivity index (χ4v) is 4.24. The molecule has 1 N–H and O–H groups in total. The van der Waals surface area contributed by atoms with E-state index >= 15 is 0 Å². The number of thiazole rings is 1. The molecule has 0 atom stereocenters. The minimum absolute atomic E-state index is 0.106. The van der Waals surface area contributed by atoms with Crippen LogP contribution in [0, 0.1) is 6.92 Å². The second kappa shape index (κ2) is 8.26. The molecular weight excluding hydrogens is 410 g/mol. The Hall–Kier alpha value is -2.84. The molecule has 0 radical (unpaired) electrons. The minimum atomic E-state index is -0.149. The van der Waals surface area contributed by atoms with Crippen molar-refractivity contribution in [1.82, 2.24) is 19.2 Å². The van der Waals surface area contributed by atoms with Gasteiger partial charge < -0.3 is 15.1 Å². The number of hydrogen-bond donors (Lipinski definition) is 1. The Morgan fingerprint density at radius 3 is 2.72 bits per heavy atom. The number of benzene rings is 1. The SMILES string of the molecule is Cc1cccc(NC(=O)N2CCN(C(=O)/C=C/c3c(Cl)nc4sccn34)CC2)c1. The quantitative estimate of drug-likeness (QED) is 0.644. The van der Waals surface area contributed by atoms with Gasteiger partial charge in [-0.1, -0.05) is 23.7 Å². The van der Waals surface area contributed by atoms with E-state index in [0.29, 0.717) is 37.0 Å². The number of aromatic nitrogens is 2. The second-order valence-electron chi connectivity index (χ2n) is 6.79. The average molecular weight is 430 g/mol. The van der Waals surface area contributed by atoms with Crippen molar-refractivity contribution in [3.63, 3.8) is 0 Å². The summed E-state index contributed by atoms with van der Waals surface area (Å²) in [5.74, 6) is -0.106. The van der Waals surface area contributed by atoms with Gasteiger partial charge in [0.05, 0.1) is 5.69 Å². The lowest BCUT2D eigenvalue weighted by Gasteiger charge is -2.34. The Morgan fingerprint density at radius 1 is 1.21 bits per heavy atom. The van der Waals surface area contributed by atoms with Crippen LogP contribution in [0.1, 0.15) is 11.3 Å². The number of halogens is 1. The number of piperazine rings is 1. The van der Waals surface area contributed by atoms with Crippen molar-refractivity contribution in [2.45, 2.75) is 6.92 Å². The molecule has 1 aliphatic heterocycles. The number of hydrogen-bond acceptors (Lipinski definition) is 4. The molecule has 1 fully saturated rings. The van der Waals surface area contributed by atoms with Gasteiger partial charge in [-0.05, 0) is 30.7 Å². The Kier molecular flexibility index (Phi) is 5.55. The van der Waals surface area contributed by atoms with Crippen molar-refractivity contribution in [3.05, 3.63) is 58.3 Å². The first kappa shape index (κ1) is 19.5. The molecule has 150 valence electrons. The molecule has 0 saturated carbocycles. The van der Waals surface area contributed by atoms with E-state index in [9.17, 15) is 9.59 Å². The molecule has 9 heteroatoms. The third-order valence-electron chi connectivity index (χ3n) is 4.79. The van der Waals surface area contributed by atoms with Gasteiger partial charge >= 0.3 is 6.03 Å². The van der Waals surface area contributed by atoms with E-state index in [-0.39, 0.29) is 11.9 Å². The molecule has 0 aliphatic carbocycles. The van der Waals surface area contributed by atoms with Gasteiger partial charge in [0.2, 0.25) is 5.91 Å². The van der Waals surface area contributed by atoms with Crippen LogP contribution in [0.5, 0.6) is 0 Å². The lowest BCUT2D eigenvalue weighted by Crippen LogP contribution is -2.51. The van der Waals surface area contributed by atoms with E-state index in [0.717, 1.165) is 16.2 Å². The van der Waals surface area contributed by atoms with Crippen LogP contribution in [0.3, 0.4) is 0 Å². The summed E-state index contributed by atoms with van der Waals surface area (Å²) in [7, 11) is 0. The van der Waals surface area contributed by atoms with E-state index in [1.807, 2.05) is 47.2 Å². The van der Waals surface area contributed by atoms with E-state index in [2.05, 4.69) is 10.3 Å². The van der Waals surface area contributed by atoms with Crippen molar-refractivity contribution >= 4 is 51.6 Å². The minimum Gasteiger partial charge on any atom is -0.336 e. The molecular formula is C20H20ClN5O2S. The average Bonchev–Trinajstić information content (AvgIpc) is 3.27. The fraction of sp³-hybridized carbons (Fsp3) is 0.250. The third kappa shape index (κ3) is 4.28. The van der Waals surface area contributed by atoms with Gasteiger partial charge in [0, 0.05) is 49.5 Å². The number of amides is 3. The van der Waals surface area contributed by atoms with Crippen LogP contribution >= 0.6 is 22.9 Å². The highest BCUT2D eigenvalue weighted by atomic mass is 35.5. The molecule has 3 heterocycles. The summed E-state index contributed by atoms with van der Waals surface area (Å²) in [5, 5.41) is 5.20. The summed E-state index contributed by atoms with van der Waals surface area (Å²) >= 11 is 7.64. The van der Waals surface area contributed by atoms with Gasteiger partial charge in [-0.3, -0.25) is 9.20 Å². The molecule has 1 aromatic carbocycles. The topological polar surface area (TPSA) is 70.0 Å². The highest BCUT2D eigenvalue weighted by Gasteiger charge is 2.23. The van der Waals surface area contributed by atoms with Gasteiger partial charge in [0.1, 0.15) is 0 Å². The maximum absolute atomic E-state index is 12.5. The summed E-state index contributed by atoms with van der Waals surface area (Å²) < 4.78 is 1.85. The highest BCUT2D eigenvalue weighted by molar-refractivity contribution is 7.15. The molecule has 3 amide bonds. The number of carbonyl (C=O) groups is 2. The zero-order chi connectivity index (χ0) is 20.4. The maximum atomic E-state index is 12.5. The van der Waals surface area contributed by atoms with Crippen molar-refractivity contribution < 1.29 is 9.59 Å². The molecule has 7 nitrogen and oxygen atoms in total. The first-order chi connectivity index (χ1) is 14.0. The zero-order valence-corrected chi connectivity index (χ0v) is 17.4. The van der Waals surface area contributed by atoms with Crippen molar-refractivity contribution in [2.24, 2.45) is 0 Å². The number of nitrogens with zero attached hydrogens (tertiary/aromatic N) is 4. The molecule has 4 rings (SSSR count). The Balaban J connectivity index is 1.33. The third-order valence-corrected chi connectivity index (χ3v) is 5.82. The van der Waals surface area contributed by atoms with Crippen LogP contribution < -0.4 is 5.32 Å². The molecule has 1 saturated heterocycles. The van der Waals surface area contributed by atoms with E-state index in [1.54, 1.807) is 15.9 Å². The van der Waals surface area contributed by atoms with Crippen LogP contribution in [0.15, 0.2) is 41.9 Å². The van der Waals surface area contributed by atoms with E-state index in [1.165, 1.54) is 17.4 Å². The predicted octanol–water partition coefficient (Wildman–Crippen LogP) is 3.75. The standard InChI is InChI=1S/C20H20ClN5O2S/c1-14-3-2-4-15(13-14)22-19(28)25-9-7-24(8-10-25)17(27)6-5-16-18(21)23-20-26(16)11-12-29-20/h2-6,11-13H,7-10H2,1H3,(H,22,28)/b6-5+. The molecule has 1 aliphatic rings. The summed E-state index contributed by atoms with van der Waals surface area (Å²) in [6, 6.07) is 7.53. The molecule has 0 spiro atoms. The number of aryl methyl sites for hydroxylation is 1. The number of urea groups is 1. The number of anilines is 1. The summed E-state index contributed by atoms with van der Waals surface area (Å²) in [6.45, 7) is 3.92. The summed E-state index contributed by atoms with van der Waals surface area (Å²) in [4.78, 5) is 33.5. The van der Waals surface area contributed by atoms with Crippen molar-refractivity contribution in [2.75, 3.05) is 31.5 Å².